The molecule has 3 N–H and O–H groups in total. The number of carbonyl (C=O) groups excluding carboxylic acids is 1. The summed E-state index contributed by atoms with van der Waals surface area (Å²) in [5.74, 6) is 1.76. The van der Waals surface area contributed by atoms with Crippen LogP contribution in [0.5, 0.6) is 11.5 Å². The van der Waals surface area contributed by atoms with Crippen molar-refractivity contribution in [3.63, 3.8) is 0 Å². The van der Waals surface area contributed by atoms with Gasteiger partial charge in [0, 0.05) is 20.7 Å². The SMILES string of the molecule is CN=C(NCC(=O)NCCOC)NCC(C)Oc1ccccc1OC. The average molecular weight is 352 g/mol. The summed E-state index contributed by atoms with van der Waals surface area (Å²) in [6.45, 7) is 3.54. The van der Waals surface area contributed by atoms with Crippen molar-refractivity contribution in [1.29, 1.82) is 0 Å². The van der Waals surface area contributed by atoms with Gasteiger partial charge in [0.15, 0.2) is 17.5 Å². The van der Waals surface area contributed by atoms with Gasteiger partial charge in [0.1, 0.15) is 6.10 Å². The number of nitrogens with one attached hydrogen (secondary N) is 3. The molecule has 0 saturated carbocycles. The number of carbonyl (C=O) groups is 1. The Labute approximate surface area is 148 Å². The lowest BCUT2D eigenvalue weighted by atomic mass is 10.3. The van der Waals surface area contributed by atoms with E-state index in [0.717, 1.165) is 0 Å². The predicted octanol–water partition coefficient (Wildman–Crippen LogP) is 0.390. The van der Waals surface area contributed by atoms with Gasteiger partial charge in [0.2, 0.25) is 5.91 Å². The molecule has 1 rings (SSSR count). The third-order valence-corrected chi connectivity index (χ3v) is 3.22. The van der Waals surface area contributed by atoms with Gasteiger partial charge in [0.05, 0.1) is 26.8 Å². The predicted molar refractivity (Wildman–Crippen MR) is 97.3 cm³/mol. The van der Waals surface area contributed by atoms with Gasteiger partial charge in [-0.05, 0) is 19.1 Å². The maximum absolute atomic E-state index is 11.6. The Morgan fingerprint density at radius 3 is 2.52 bits per heavy atom. The molecule has 0 fully saturated rings. The van der Waals surface area contributed by atoms with Gasteiger partial charge in [-0.1, -0.05) is 12.1 Å². The first-order chi connectivity index (χ1) is 12.1. The van der Waals surface area contributed by atoms with Crippen LogP contribution < -0.4 is 25.4 Å². The summed E-state index contributed by atoms with van der Waals surface area (Å²) in [4.78, 5) is 15.7. The van der Waals surface area contributed by atoms with Gasteiger partial charge in [0.25, 0.3) is 0 Å². The van der Waals surface area contributed by atoms with Gasteiger partial charge < -0.3 is 30.2 Å². The molecule has 0 radical (unpaired) electrons. The monoisotopic (exact) mass is 352 g/mol. The summed E-state index contributed by atoms with van der Waals surface area (Å²) in [5, 5.41) is 8.79. The Morgan fingerprint density at radius 1 is 1.16 bits per heavy atom. The first-order valence-electron chi connectivity index (χ1n) is 8.10. The van der Waals surface area contributed by atoms with E-state index in [1.807, 2.05) is 31.2 Å². The fourth-order valence-corrected chi connectivity index (χ4v) is 1.95. The molecule has 1 atom stereocenters. The van der Waals surface area contributed by atoms with Gasteiger partial charge in [-0.25, -0.2) is 0 Å². The summed E-state index contributed by atoms with van der Waals surface area (Å²) < 4.78 is 16.0. The van der Waals surface area contributed by atoms with Crippen LogP contribution in [-0.4, -0.2) is 65.5 Å². The number of guanidine groups is 1. The number of amides is 1. The van der Waals surface area contributed by atoms with E-state index >= 15 is 0 Å². The zero-order chi connectivity index (χ0) is 18.5. The fraction of sp³-hybridized carbons (Fsp3) is 0.529. The number of para-hydroxylation sites is 2. The highest BCUT2D eigenvalue weighted by molar-refractivity contribution is 5.86. The van der Waals surface area contributed by atoms with Crippen LogP contribution in [0.25, 0.3) is 0 Å². The van der Waals surface area contributed by atoms with Gasteiger partial charge in [-0.2, -0.15) is 0 Å². The number of nitrogens with zero attached hydrogens (tertiary/aromatic N) is 1. The second-order valence-electron chi connectivity index (χ2n) is 5.23. The number of rotatable bonds is 10. The maximum atomic E-state index is 11.6. The van der Waals surface area contributed by atoms with Crippen molar-refractivity contribution in [3.05, 3.63) is 24.3 Å². The summed E-state index contributed by atoms with van der Waals surface area (Å²) in [7, 11) is 4.84. The number of aliphatic imine (C=N–C) groups is 1. The molecule has 0 bridgehead atoms. The maximum Gasteiger partial charge on any atom is 0.239 e. The molecular weight excluding hydrogens is 324 g/mol. The normalized spacial score (nSPS) is 12.2. The Morgan fingerprint density at radius 2 is 1.88 bits per heavy atom. The minimum absolute atomic E-state index is 0.120. The Balaban J connectivity index is 2.35. The van der Waals surface area contributed by atoms with Gasteiger partial charge in [-0.3, -0.25) is 9.79 Å². The topological polar surface area (TPSA) is 93.2 Å². The van der Waals surface area contributed by atoms with Crippen LogP contribution in [0.3, 0.4) is 0 Å². The zero-order valence-electron chi connectivity index (χ0n) is 15.3. The van der Waals surface area contributed by atoms with Crippen molar-refractivity contribution in [2.75, 3.05) is 47.5 Å². The third-order valence-electron chi connectivity index (χ3n) is 3.22. The van der Waals surface area contributed by atoms with Crippen molar-refractivity contribution >= 4 is 11.9 Å². The molecule has 8 heteroatoms. The molecule has 0 aliphatic rings. The summed E-state index contributed by atoms with van der Waals surface area (Å²) >= 11 is 0. The molecular formula is C17H28N4O4. The molecule has 0 aliphatic carbocycles. The lowest BCUT2D eigenvalue weighted by Crippen LogP contribution is -2.45. The van der Waals surface area contributed by atoms with Crippen LogP contribution in [0.4, 0.5) is 0 Å². The summed E-state index contributed by atoms with van der Waals surface area (Å²) in [6, 6.07) is 7.48. The third kappa shape index (κ3) is 8.25. The molecule has 1 amide bonds. The largest absolute Gasteiger partial charge is 0.493 e. The van der Waals surface area contributed by atoms with E-state index in [1.165, 1.54) is 0 Å². The van der Waals surface area contributed by atoms with Gasteiger partial charge in [-0.15, -0.1) is 0 Å². The quantitative estimate of drug-likeness (QED) is 0.320. The molecule has 0 aromatic heterocycles. The lowest BCUT2D eigenvalue weighted by molar-refractivity contribution is -0.120. The number of hydrogen-bond acceptors (Lipinski definition) is 5. The average Bonchev–Trinajstić information content (AvgIpc) is 2.62. The van der Waals surface area contributed by atoms with Crippen LogP contribution in [0.15, 0.2) is 29.3 Å². The number of methoxy groups -OCH3 is 2. The molecule has 8 nitrogen and oxygen atoms in total. The van der Waals surface area contributed by atoms with Crippen molar-refractivity contribution in [3.8, 4) is 11.5 Å². The first kappa shape index (κ1) is 20.6. The standard InChI is InChI=1S/C17H28N4O4/c1-13(25-15-8-6-5-7-14(15)24-4)11-20-17(18-2)21-12-16(22)19-9-10-23-3/h5-8,13H,9-12H2,1-4H3,(H,19,22)(H2,18,20,21). The molecule has 140 valence electrons. The molecule has 0 heterocycles. The van der Waals surface area contributed by atoms with E-state index in [1.54, 1.807) is 21.3 Å². The van der Waals surface area contributed by atoms with E-state index in [9.17, 15) is 4.79 Å². The van der Waals surface area contributed by atoms with Crippen LogP contribution >= 0.6 is 0 Å². The van der Waals surface area contributed by atoms with Gasteiger partial charge >= 0.3 is 0 Å². The van der Waals surface area contributed by atoms with E-state index in [-0.39, 0.29) is 18.6 Å². The highest BCUT2D eigenvalue weighted by Gasteiger charge is 2.10. The van der Waals surface area contributed by atoms with E-state index in [4.69, 9.17) is 14.2 Å². The van der Waals surface area contributed by atoms with Crippen molar-refractivity contribution in [2.45, 2.75) is 13.0 Å². The van der Waals surface area contributed by atoms with Crippen LogP contribution in [-0.2, 0) is 9.53 Å². The fourth-order valence-electron chi connectivity index (χ4n) is 1.95. The Kier molecular flexibility index (Phi) is 9.84. The van der Waals surface area contributed by atoms with Crippen molar-refractivity contribution in [1.82, 2.24) is 16.0 Å². The number of hydrogen-bond donors (Lipinski definition) is 3. The van der Waals surface area contributed by atoms with Crippen molar-refractivity contribution in [2.24, 2.45) is 4.99 Å². The van der Waals surface area contributed by atoms with Crippen molar-refractivity contribution < 1.29 is 19.0 Å². The second-order valence-corrected chi connectivity index (χ2v) is 5.23. The highest BCUT2D eigenvalue weighted by Crippen LogP contribution is 2.26. The second kappa shape index (κ2) is 12.0. The Hall–Kier alpha value is -2.48. The smallest absolute Gasteiger partial charge is 0.239 e. The zero-order valence-corrected chi connectivity index (χ0v) is 15.3. The molecule has 25 heavy (non-hydrogen) atoms. The summed E-state index contributed by atoms with van der Waals surface area (Å²) in [6.07, 6.45) is -0.120. The minimum Gasteiger partial charge on any atom is -0.493 e. The van der Waals surface area contributed by atoms with E-state index in [2.05, 4.69) is 20.9 Å². The highest BCUT2D eigenvalue weighted by atomic mass is 16.5. The molecule has 0 spiro atoms. The van der Waals surface area contributed by atoms with Crippen LogP contribution in [0, 0.1) is 0 Å². The molecule has 1 aromatic carbocycles. The molecule has 1 aromatic rings. The van der Waals surface area contributed by atoms with E-state index < -0.39 is 0 Å². The summed E-state index contributed by atoms with van der Waals surface area (Å²) in [5.41, 5.74) is 0. The first-order valence-corrected chi connectivity index (χ1v) is 8.10. The molecule has 0 aliphatic heterocycles. The van der Waals surface area contributed by atoms with E-state index in [0.29, 0.717) is 37.2 Å². The van der Waals surface area contributed by atoms with Crippen LogP contribution in [0.2, 0.25) is 0 Å². The number of benzene rings is 1. The lowest BCUT2D eigenvalue weighted by Gasteiger charge is -2.19. The van der Waals surface area contributed by atoms with Crippen LogP contribution in [0.1, 0.15) is 6.92 Å². The Bertz CT molecular complexity index is 551. The minimum atomic E-state index is -0.127. The molecule has 0 saturated heterocycles. The molecule has 1 unspecified atom stereocenters. The number of ether oxygens (including phenoxy) is 3.